The normalized spacial score (nSPS) is 16.0. The van der Waals surface area contributed by atoms with E-state index < -0.39 is 23.5 Å². The van der Waals surface area contributed by atoms with Crippen molar-refractivity contribution < 1.29 is 28.6 Å². The first-order valence-corrected chi connectivity index (χ1v) is 11.1. The molecular weight excluding hydrogens is 422 g/mol. The van der Waals surface area contributed by atoms with Gasteiger partial charge in [-0.1, -0.05) is 38.1 Å². The molecule has 3 aromatic rings. The van der Waals surface area contributed by atoms with Crippen LogP contribution in [0.2, 0.25) is 0 Å². The monoisotopic (exact) mass is 449 g/mol. The minimum atomic E-state index is -0.745. The topological polar surface area (TPSA) is 89.2 Å². The molecule has 0 fully saturated rings. The number of amides is 1. The van der Waals surface area contributed by atoms with Crippen LogP contribution < -0.4 is 9.47 Å². The Hall–Kier alpha value is -3.74. The van der Waals surface area contributed by atoms with Crippen molar-refractivity contribution in [3.63, 3.8) is 0 Å². The van der Waals surface area contributed by atoms with Crippen molar-refractivity contribution in [2.75, 3.05) is 20.3 Å². The van der Waals surface area contributed by atoms with E-state index in [0.717, 1.165) is 6.42 Å². The molecule has 2 aromatic carbocycles. The summed E-state index contributed by atoms with van der Waals surface area (Å²) in [7, 11) is 1.52. The Morgan fingerprint density at radius 2 is 1.91 bits per heavy atom. The highest BCUT2D eigenvalue weighted by Crippen LogP contribution is 2.41. The predicted octanol–water partition coefficient (Wildman–Crippen LogP) is 5.22. The van der Waals surface area contributed by atoms with Crippen molar-refractivity contribution in [3.8, 4) is 11.5 Å². The Bertz CT molecular complexity index is 1220. The number of ketones is 1. The fraction of sp³-hybridized carbons (Fsp3) is 0.308. The molecule has 33 heavy (non-hydrogen) atoms. The van der Waals surface area contributed by atoms with E-state index in [-0.39, 0.29) is 11.3 Å². The number of nitrogens with zero attached hydrogens (tertiary/aromatic N) is 1. The van der Waals surface area contributed by atoms with Crippen LogP contribution in [0.4, 0.5) is 0 Å². The molecule has 2 heterocycles. The van der Waals surface area contributed by atoms with E-state index in [4.69, 9.17) is 13.9 Å². The molecular formula is C26H27NO6. The lowest BCUT2D eigenvalue weighted by atomic mass is 9.94. The lowest BCUT2D eigenvalue weighted by Crippen LogP contribution is -2.31. The van der Waals surface area contributed by atoms with E-state index in [9.17, 15) is 14.7 Å². The molecule has 4 rings (SSSR count). The van der Waals surface area contributed by atoms with E-state index in [2.05, 4.69) is 0 Å². The number of ether oxygens (including phenoxy) is 2. The van der Waals surface area contributed by atoms with Crippen LogP contribution in [0.15, 0.2) is 64.3 Å². The second-order valence-electron chi connectivity index (χ2n) is 7.90. The SMILES string of the molecule is CCCOc1cccc(C2C(C(=O)c3cc4cccc(OC)c4o3)=C(O)C(=O)N2CCC)c1. The summed E-state index contributed by atoms with van der Waals surface area (Å²) in [5.41, 5.74) is 1.12. The summed E-state index contributed by atoms with van der Waals surface area (Å²) < 4.78 is 16.9. The van der Waals surface area contributed by atoms with Crippen LogP contribution in [-0.4, -0.2) is 42.0 Å². The van der Waals surface area contributed by atoms with Crippen molar-refractivity contribution in [1.29, 1.82) is 0 Å². The van der Waals surface area contributed by atoms with Gasteiger partial charge in [-0.15, -0.1) is 0 Å². The first kappa shape index (κ1) is 22.5. The summed E-state index contributed by atoms with van der Waals surface area (Å²) in [5, 5.41) is 11.5. The van der Waals surface area contributed by atoms with Gasteiger partial charge in [-0.05, 0) is 42.7 Å². The van der Waals surface area contributed by atoms with Crippen LogP contribution >= 0.6 is 0 Å². The maximum atomic E-state index is 13.6. The molecule has 1 amide bonds. The summed E-state index contributed by atoms with van der Waals surface area (Å²) in [6, 6.07) is 13.5. The minimum absolute atomic E-state index is 0.000820. The molecule has 0 aliphatic carbocycles. The van der Waals surface area contributed by atoms with Gasteiger partial charge in [0.25, 0.3) is 5.91 Å². The first-order valence-electron chi connectivity index (χ1n) is 11.1. The number of para-hydroxylation sites is 1. The molecule has 172 valence electrons. The number of Topliss-reactive ketones (excluding diaryl/α,β-unsaturated/α-hetero) is 1. The van der Waals surface area contributed by atoms with E-state index in [1.807, 2.05) is 44.2 Å². The maximum absolute atomic E-state index is 13.6. The zero-order valence-electron chi connectivity index (χ0n) is 19.0. The molecule has 0 bridgehead atoms. The molecule has 1 aromatic heterocycles. The number of aliphatic hydroxyl groups is 1. The molecule has 0 saturated heterocycles. The molecule has 1 unspecified atom stereocenters. The molecule has 0 spiro atoms. The molecule has 7 nitrogen and oxygen atoms in total. The van der Waals surface area contributed by atoms with Crippen LogP contribution in [0.1, 0.15) is 48.8 Å². The van der Waals surface area contributed by atoms with Crippen molar-refractivity contribution >= 4 is 22.7 Å². The second kappa shape index (κ2) is 9.40. The Labute approximate surface area is 192 Å². The molecule has 0 radical (unpaired) electrons. The van der Waals surface area contributed by atoms with E-state index in [1.54, 1.807) is 18.2 Å². The Morgan fingerprint density at radius 3 is 2.64 bits per heavy atom. The van der Waals surface area contributed by atoms with Gasteiger partial charge < -0.3 is 23.9 Å². The van der Waals surface area contributed by atoms with Gasteiger partial charge in [-0.3, -0.25) is 9.59 Å². The third-order valence-corrected chi connectivity index (χ3v) is 5.61. The van der Waals surface area contributed by atoms with Crippen LogP contribution in [-0.2, 0) is 4.79 Å². The third kappa shape index (κ3) is 4.06. The standard InChI is InChI=1S/C26H27NO6/c1-4-12-27-22(16-8-6-10-18(14-16)32-13-5-2)21(24(29)26(27)30)23(28)20-15-17-9-7-11-19(31-3)25(17)33-20/h6-11,14-15,22,29H,4-5,12-13H2,1-3H3. The highest BCUT2D eigenvalue weighted by Gasteiger charge is 2.44. The summed E-state index contributed by atoms with van der Waals surface area (Å²) in [4.78, 5) is 28.1. The number of benzene rings is 2. The number of carbonyl (C=O) groups is 2. The number of rotatable bonds is 9. The van der Waals surface area contributed by atoms with Gasteiger partial charge in [0.15, 0.2) is 22.9 Å². The quantitative estimate of drug-likeness (QED) is 0.451. The Kier molecular flexibility index (Phi) is 6.40. The number of hydrogen-bond acceptors (Lipinski definition) is 6. The fourth-order valence-electron chi connectivity index (χ4n) is 4.14. The molecule has 1 aliphatic heterocycles. The summed E-state index contributed by atoms with van der Waals surface area (Å²) in [6.45, 7) is 4.90. The number of carbonyl (C=O) groups excluding carboxylic acids is 2. The summed E-state index contributed by atoms with van der Waals surface area (Å²) >= 11 is 0. The van der Waals surface area contributed by atoms with Gasteiger partial charge >= 0.3 is 0 Å². The minimum Gasteiger partial charge on any atom is -0.503 e. The number of methoxy groups -OCH3 is 1. The lowest BCUT2D eigenvalue weighted by Gasteiger charge is -2.26. The summed E-state index contributed by atoms with van der Waals surface area (Å²) in [6.07, 6.45) is 1.53. The lowest BCUT2D eigenvalue weighted by molar-refractivity contribution is -0.129. The van der Waals surface area contributed by atoms with Gasteiger partial charge in [0.1, 0.15) is 5.75 Å². The van der Waals surface area contributed by atoms with Crippen LogP contribution in [0.25, 0.3) is 11.0 Å². The number of fused-ring (bicyclic) bond motifs is 1. The zero-order chi connectivity index (χ0) is 23.5. The van der Waals surface area contributed by atoms with Gasteiger partial charge in [-0.2, -0.15) is 0 Å². The third-order valence-electron chi connectivity index (χ3n) is 5.61. The van der Waals surface area contributed by atoms with Crippen LogP contribution in [0.5, 0.6) is 11.5 Å². The van der Waals surface area contributed by atoms with E-state index in [0.29, 0.717) is 47.6 Å². The maximum Gasteiger partial charge on any atom is 0.290 e. The van der Waals surface area contributed by atoms with Crippen molar-refractivity contribution in [1.82, 2.24) is 4.90 Å². The van der Waals surface area contributed by atoms with Crippen LogP contribution in [0.3, 0.4) is 0 Å². The van der Waals surface area contributed by atoms with Gasteiger partial charge in [0.05, 0.1) is 25.3 Å². The highest BCUT2D eigenvalue weighted by atomic mass is 16.5. The molecule has 1 atom stereocenters. The van der Waals surface area contributed by atoms with E-state index >= 15 is 0 Å². The average molecular weight is 450 g/mol. The molecule has 0 saturated carbocycles. The molecule has 1 aliphatic rings. The molecule has 7 heteroatoms. The Morgan fingerprint density at radius 1 is 1.12 bits per heavy atom. The van der Waals surface area contributed by atoms with Gasteiger partial charge in [0, 0.05) is 11.9 Å². The number of hydrogen-bond donors (Lipinski definition) is 1. The van der Waals surface area contributed by atoms with Crippen LogP contribution in [0, 0.1) is 0 Å². The number of aliphatic hydroxyl groups excluding tert-OH is 1. The fourth-order valence-corrected chi connectivity index (χ4v) is 4.14. The van der Waals surface area contributed by atoms with Crippen molar-refractivity contribution in [3.05, 3.63) is 71.2 Å². The van der Waals surface area contributed by atoms with Crippen molar-refractivity contribution in [2.24, 2.45) is 0 Å². The Balaban J connectivity index is 1.79. The zero-order valence-corrected chi connectivity index (χ0v) is 19.0. The van der Waals surface area contributed by atoms with Gasteiger partial charge in [-0.25, -0.2) is 0 Å². The smallest absolute Gasteiger partial charge is 0.290 e. The first-order chi connectivity index (χ1) is 16.0. The summed E-state index contributed by atoms with van der Waals surface area (Å²) in [5.74, 6) is -0.486. The van der Waals surface area contributed by atoms with E-state index in [1.165, 1.54) is 12.0 Å². The van der Waals surface area contributed by atoms with Gasteiger partial charge in [0.2, 0.25) is 5.78 Å². The second-order valence-corrected chi connectivity index (χ2v) is 7.90. The predicted molar refractivity (Wildman–Crippen MR) is 124 cm³/mol. The number of furan rings is 1. The van der Waals surface area contributed by atoms with Crippen molar-refractivity contribution in [2.45, 2.75) is 32.7 Å². The average Bonchev–Trinajstić information content (AvgIpc) is 3.38. The molecule has 1 N–H and O–H groups in total. The largest absolute Gasteiger partial charge is 0.503 e. The highest BCUT2D eigenvalue weighted by molar-refractivity contribution is 6.16.